The number of benzene rings is 1. The second-order valence-electron chi connectivity index (χ2n) is 3.46. The van der Waals surface area contributed by atoms with Crippen molar-refractivity contribution in [1.29, 1.82) is 5.26 Å². The third-order valence-corrected chi connectivity index (χ3v) is 2.40. The second-order valence-corrected chi connectivity index (χ2v) is 3.46. The Morgan fingerprint density at radius 2 is 2.22 bits per heavy atom. The molecular weight excluding hydrogens is 238 g/mol. The molecule has 18 heavy (non-hydrogen) atoms. The number of hydrogen-bond donors (Lipinski definition) is 1. The highest BCUT2D eigenvalue weighted by Gasteiger charge is 2.20. The summed E-state index contributed by atoms with van der Waals surface area (Å²) in [6, 6.07) is 4.41. The molecule has 0 heterocycles. The van der Waals surface area contributed by atoms with Crippen molar-refractivity contribution in [3.05, 3.63) is 38.9 Å². The Morgan fingerprint density at radius 1 is 1.56 bits per heavy atom. The molecule has 0 aliphatic heterocycles. The number of nitro groups is 1. The van der Waals surface area contributed by atoms with Gasteiger partial charge in [-0.05, 0) is 11.6 Å². The van der Waals surface area contributed by atoms with E-state index in [-0.39, 0.29) is 29.8 Å². The standard InChI is InChI=1S/C11H11N3O4/c1-18-11(15)4-7-2-8(5-12)9(6-13)3-10(7)14(16)17/h2-3H,4,6,13H2,1H3. The van der Waals surface area contributed by atoms with E-state index in [2.05, 4.69) is 4.74 Å². The molecule has 7 nitrogen and oxygen atoms in total. The first kappa shape index (κ1) is 13.6. The van der Waals surface area contributed by atoms with Crippen LogP contribution in [0.1, 0.15) is 16.7 Å². The Morgan fingerprint density at radius 3 is 2.67 bits per heavy atom. The molecule has 0 saturated heterocycles. The fourth-order valence-corrected chi connectivity index (χ4v) is 1.49. The molecule has 0 amide bonds. The van der Waals surface area contributed by atoms with E-state index in [4.69, 9.17) is 11.0 Å². The van der Waals surface area contributed by atoms with E-state index in [1.165, 1.54) is 19.2 Å². The van der Waals surface area contributed by atoms with Crippen molar-refractivity contribution in [2.75, 3.05) is 7.11 Å². The maximum absolute atomic E-state index is 11.2. The van der Waals surface area contributed by atoms with Crippen LogP contribution >= 0.6 is 0 Å². The lowest BCUT2D eigenvalue weighted by Crippen LogP contribution is -2.09. The van der Waals surface area contributed by atoms with Gasteiger partial charge < -0.3 is 10.5 Å². The van der Waals surface area contributed by atoms with E-state index in [1.54, 1.807) is 0 Å². The van der Waals surface area contributed by atoms with Gasteiger partial charge in [-0.1, -0.05) is 0 Å². The molecule has 7 heteroatoms. The lowest BCUT2D eigenvalue weighted by atomic mass is 10.0. The summed E-state index contributed by atoms with van der Waals surface area (Å²) in [5, 5.41) is 19.8. The Balaban J connectivity index is 3.34. The number of nitriles is 1. The molecule has 2 N–H and O–H groups in total. The lowest BCUT2D eigenvalue weighted by molar-refractivity contribution is -0.385. The number of methoxy groups -OCH3 is 1. The molecule has 0 aliphatic carbocycles. The van der Waals surface area contributed by atoms with Crippen molar-refractivity contribution in [2.24, 2.45) is 5.73 Å². The summed E-state index contributed by atoms with van der Waals surface area (Å²) < 4.78 is 4.45. The predicted octanol–water partition coefficient (Wildman–Crippen LogP) is 0.641. The summed E-state index contributed by atoms with van der Waals surface area (Å²) in [5.74, 6) is -0.609. The summed E-state index contributed by atoms with van der Waals surface area (Å²) in [4.78, 5) is 21.4. The third kappa shape index (κ3) is 2.81. The molecule has 0 bridgehead atoms. The van der Waals surface area contributed by atoms with Crippen LogP contribution < -0.4 is 5.73 Å². The first-order chi connectivity index (χ1) is 8.53. The fourth-order valence-electron chi connectivity index (χ4n) is 1.49. The number of carbonyl (C=O) groups is 1. The zero-order valence-electron chi connectivity index (χ0n) is 9.67. The van der Waals surface area contributed by atoms with E-state index in [0.717, 1.165) is 0 Å². The highest BCUT2D eigenvalue weighted by Crippen LogP contribution is 2.24. The maximum atomic E-state index is 11.2. The molecule has 0 atom stereocenters. The van der Waals surface area contributed by atoms with Gasteiger partial charge in [0.25, 0.3) is 5.69 Å². The van der Waals surface area contributed by atoms with E-state index < -0.39 is 10.9 Å². The number of carbonyl (C=O) groups excluding carboxylic acids is 1. The van der Waals surface area contributed by atoms with Crippen molar-refractivity contribution in [2.45, 2.75) is 13.0 Å². The van der Waals surface area contributed by atoms with E-state index in [9.17, 15) is 14.9 Å². The summed E-state index contributed by atoms with van der Waals surface area (Å²) >= 11 is 0. The van der Waals surface area contributed by atoms with Crippen LogP contribution in [0, 0.1) is 21.4 Å². The van der Waals surface area contributed by atoms with E-state index >= 15 is 0 Å². The van der Waals surface area contributed by atoms with Crippen molar-refractivity contribution in [1.82, 2.24) is 0 Å². The Hall–Kier alpha value is -2.46. The number of nitrogens with two attached hydrogens (primary N) is 1. The highest BCUT2D eigenvalue weighted by atomic mass is 16.6. The topological polar surface area (TPSA) is 119 Å². The minimum Gasteiger partial charge on any atom is -0.469 e. The molecule has 0 unspecified atom stereocenters. The molecule has 0 spiro atoms. The molecule has 0 aliphatic rings. The first-order valence-electron chi connectivity index (χ1n) is 5.00. The van der Waals surface area contributed by atoms with E-state index in [1.807, 2.05) is 6.07 Å². The van der Waals surface area contributed by atoms with Crippen molar-refractivity contribution >= 4 is 11.7 Å². The molecule has 0 radical (unpaired) electrons. The Bertz CT molecular complexity index is 534. The van der Waals surface area contributed by atoms with Gasteiger partial charge in [0.15, 0.2) is 0 Å². The summed E-state index contributed by atoms with van der Waals surface area (Å²) in [7, 11) is 1.19. The fraction of sp³-hybridized carbons (Fsp3) is 0.273. The van der Waals surface area contributed by atoms with Gasteiger partial charge in [-0.3, -0.25) is 14.9 Å². The maximum Gasteiger partial charge on any atom is 0.310 e. The molecule has 94 valence electrons. The van der Waals surface area contributed by atoms with Gasteiger partial charge in [-0.2, -0.15) is 5.26 Å². The smallest absolute Gasteiger partial charge is 0.310 e. The van der Waals surface area contributed by atoms with Gasteiger partial charge in [0.1, 0.15) is 0 Å². The number of hydrogen-bond acceptors (Lipinski definition) is 6. The zero-order valence-corrected chi connectivity index (χ0v) is 9.67. The molecule has 0 fully saturated rings. The van der Waals surface area contributed by atoms with Crippen LogP contribution in [0.5, 0.6) is 0 Å². The average molecular weight is 249 g/mol. The van der Waals surface area contributed by atoms with Crippen molar-refractivity contribution in [3.63, 3.8) is 0 Å². The molecule has 0 saturated carbocycles. The Labute approximate surface area is 103 Å². The van der Waals surface area contributed by atoms with E-state index in [0.29, 0.717) is 5.56 Å². The van der Waals surface area contributed by atoms with Gasteiger partial charge in [0.2, 0.25) is 0 Å². The molecule has 0 aromatic heterocycles. The van der Waals surface area contributed by atoms with Crippen LogP contribution in [0.15, 0.2) is 12.1 Å². The average Bonchev–Trinajstić information content (AvgIpc) is 2.37. The lowest BCUT2D eigenvalue weighted by Gasteiger charge is -2.06. The SMILES string of the molecule is COC(=O)Cc1cc(C#N)c(CN)cc1[N+](=O)[O-]. The van der Waals surface area contributed by atoms with Crippen LogP contribution in [-0.2, 0) is 22.5 Å². The number of ether oxygens (including phenoxy) is 1. The van der Waals surface area contributed by atoms with Crippen LogP contribution in [0.4, 0.5) is 5.69 Å². The van der Waals surface area contributed by atoms with Crippen molar-refractivity contribution < 1.29 is 14.5 Å². The quantitative estimate of drug-likeness (QED) is 0.475. The normalized spacial score (nSPS) is 9.61. The third-order valence-electron chi connectivity index (χ3n) is 2.40. The highest BCUT2D eigenvalue weighted by molar-refractivity contribution is 5.74. The van der Waals surface area contributed by atoms with Gasteiger partial charge in [-0.15, -0.1) is 0 Å². The Kier molecular flexibility index (Phi) is 4.34. The van der Waals surface area contributed by atoms with Gasteiger partial charge in [0.05, 0.1) is 30.1 Å². The molecule has 1 aromatic rings. The molecular formula is C11H11N3O4. The van der Waals surface area contributed by atoms with Crippen LogP contribution in [0.2, 0.25) is 0 Å². The molecule has 1 rings (SSSR count). The molecule has 1 aromatic carbocycles. The minimum absolute atomic E-state index is 0.0161. The summed E-state index contributed by atoms with van der Waals surface area (Å²) in [5.41, 5.74) is 5.91. The van der Waals surface area contributed by atoms with Crippen LogP contribution in [0.3, 0.4) is 0 Å². The van der Waals surface area contributed by atoms with Gasteiger partial charge in [0, 0.05) is 18.2 Å². The monoisotopic (exact) mass is 249 g/mol. The number of esters is 1. The predicted molar refractivity (Wildman–Crippen MR) is 61.4 cm³/mol. The second kappa shape index (κ2) is 5.75. The first-order valence-corrected chi connectivity index (χ1v) is 5.00. The number of rotatable bonds is 4. The number of nitrogens with zero attached hydrogens (tertiary/aromatic N) is 2. The minimum atomic E-state index is -0.613. The van der Waals surface area contributed by atoms with Crippen LogP contribution in [0.25, 0.3) is 0 Å². The summed E-state index contributed by atoms with van der Waals surface area (Å²) in [6.45, 7) is 0.0161. The summed E-state index contributed by atoms with van der Waals surface area (Å²) in [6.07, 6.45) is -0.258. The zero-order chi connectivity index (χ0) is 13.7. The largest absolute Gasteiger partial charge is 0.469 e. The van der Waals surface area contributed by atoms with Crippen LogP contribution in [-0.4, -0.2) is 18.0 Å². The number of nitro benzene ring substituents is 1. The van der Waals surface area contributed by atoms with Gasteiger partial charge in [-0.25, -0.2) is 0 Å². The van der Waals surface area contributed by atoms with Crippen molar-refractivity contribution in [3.8, 4) is 6.07 Å². The van der Waals surface area contributed by atoms with Gasteiger partial charge >= 0.3 is 5.97 Å².